The highest BCUT2D eigenvalue weighted by atomic mass is 16.6. The number of ether oxygens (including phenoxy) is 3. The Morgan fingerprint density at radius 2 is 1.97 bits per heavy atom. The maximum absolute atomic E-state index is 12.4. The van der Waals surface area contributed by atoms with Crippen LogP contribution in [0.2, 0.25) is 0 Å². The van der Waals surface area contributed by atoms with Crippen molar-refractivity contribution in [3.05, 3.63) is 59.8 Å². The van der Waals surface area contributed by atoms with Gasteiger partial charge in [-0.15, -0.1) is 0 Å². The van der Waals surface area contributed by atoms with Gasteiger partial charge in [-0.2, -0.15) is 0 Å². The highest BCUT2D eigenvalue weighted by molar-refractivity contribution is 5.81. The van der Waals surface area contributed by atoms with Gasteiger partial charge >= 0.3 is 0 Å². The lowest BCUT2D eigenvalue weighted by molar-refractivity contribution is -0.130. The summed E-state index contributed by atoms with van der Waals surface area (Å²) in [6.07, 6.45) is 0.376. The van der Waals surface area contributed by atoms with Gasteiger partial charge < -0.3 is 24.1 Å². The van der Waals surface area contributed by atoms with E-state index in [1.54, 1.807) is 6.07 Å². The van der Waals surface area contributed by atoms with Crippen LogP contribution in [0, 0.1) is 0 Å². The van der Waals surface area contributed by atoms with Crippen molar-refractivity contribution in [1.82, 2.24) is 10.5 Å². The summed E-state index contributed by atoms with van der Waals surface area (Å²) in [6, 6.07) is 15.1. The molecule has 7 heteroatoms. The Hall–Kier alpha value is -3.48. The molecule has 3 heterocycles. The van der Waals surface area contributed by atoms with Gasteiger partial charge in [-0.25, -0.2) is 0 Å². The number of aromatic nitrogens is 1. The molecule has 148 valence electrons. The molecule has 0 fully saturated rings. The molecule has 7 nitrogen and oxygen atoms in total. The quantitative estimate of drug-likeness (QED) is 0.735. The Labute approximate surface area is 167 Å². The van der Waals surface area contributed by atoms with Crippen LogP contribution in [0.1, 0.15) is 18.2 Å². The van der Waals surface area contributed by atoms with E-state index in [9.17, 15) is 4.79 Å². The summed E-state index contributed by atoms with van der Waals surface area (Å²) in [6.45, 7) is 2.46. The van der Waals surface area contributed by atoms with Gasteiger partial charge in [0.05, 0.1) is 6.54 Å². The van der Waals surface area contributed by atoms with Crippen molar-refractivity contribution >= 4 is 5.91 Å². The molecule has 0 bridgehead atoms. The lowest BCUT2D eigenvalue weighted by atomic mass is 10.1. The Kier molecular flexibility index (Phi) is 4.35. The first-order chi connectivity index (χ1) is 14.2. The Morgan fingerprint density at radius 3 is 2.86 bits per heavy atom. The molecular weight excluding hydrogens is 372 g/mol. The lowest BCUT2D eigenvalue weighted by Gasteiger charge is -2.25. The van der Waals surface area contributed by atoms with Crippen molar-refractivity contribution in [3.63, 3.8) is 0 Å². The highest BCUT2D eigenvalue weighted by Crippen LogP contribution is 2.33. The van der Waals surface area contributed by atoms with Gasteiger partial charge in [0.2, 0.25) is 6.10 Å². The van der Waals surface area contributed by atoms with Crippen molar-refractivity contribution in [2.75, 3.05) is 6.61 Å². The van der Waals surface area contributed by atoms with Gasteiger partial charge in [-0.3, -0.25) is 4.79 Å². The zero-order chi connectivity index (χ0) is 19.8. The summed E-state index contributed by atoms with van der Waals surface area (Å²) in [5.74, 6) is 2.53. The minimum absolute atomic E-state index is 0.169. The molecule has 0 radical (unpaired) electrons. The molecule has 1 aromatic heterocycles. The molecule has 0 saturated carbocycles. The number of nitrogens with zero attached hydrogens (tertiary/aromatic N) is 1. The lowest BCUT2D eigenvalue weighted by Crippen LogP contribution is -2.43. The molecule has 2 aromatic carbocycles. The fraction of sp³-hybridized carbons (Fsp3) is 0.273. The van der Waals surface area contributed by atoms with Gasteiger partial charge in [0.15, 0.2) is 17.3 Å². The average molecular weight is 392 g/mol. The predicted molar refractivity (Wildman–Crippen MR) is 104 cm³/mol. The minimum Gasteiger partial charge on any atom is -0.490 e. The molecule has 0 spiro atoms. The Balaban J connectivity index is 1.21. The van der Waals surface area contributed by atoms with Crippen molar-refractivity contribution in [2.45, 2.75) is 32.1 Å². The normalized spacial score (nSPS) is 19.3. The molecule has 2 atom stereocenters. The van der Waals surface area contributed by atoms with Crippen molar-refractivity contribution in [3.8, 4) is 28.6 Å². The van der Waals surface area contributed by atoms with E-state index in [2.05, 4.69) is 23.5 Å². The number of hydrogen-bond acceptors (Lipinski definition) is 6. The maximum Gasteiger partial charge on any atom is 0.265 e. The Bertz CT molecular complexity index is 1060. The Morgan fingerprint density at radius 1 is 1.10 bits per heavy atom. The summed E-state index contributed by atoms with van der Waals surface area (Å²) >= 11 is 0. The van der Waals surface area contributed by atoms with Gasteiger partial charge in [-0.05, 0) is 42.8 Å². The van der Waals surface area contributed by atoms with E-state index >= 15 is 0 Å². The zero-order valence-corrected chi connectivity index (χ0v) is 15.9. The number of carbonyl (C=O) groups excluding carboxylic acids is 1. The SMILES string of the molecule is CC1Cc2cc(-c3cc(CNC(=O)C4COc5ccccc5O4)no3)ccc2O1. The van der Waals surface area contributed by atoms with Crippen LogP contribution in [0.5, 0.6) is 17.2 Å². The fourth-order valence-electron chi connectivity index (χ4n) is 3.55. The smallest absolute Gasteiger partial charge is 0.265 e. The first-order valence-corrected chi connectivity index (χ1v) is 9.57. The first-order valence-electron chi connectivity index (χ1n) is 9.57. The number of hydrogen-bond donors (Lipinski definition) is 1. The van der Waals surface area contributed by atoms with E-state index in [0.29, 0.717) is 23.0 Å². The molecule has 0 saturated heterocycles. The zero-order valence-electron chi connectivity index (χ0n) is 15.9. The van der Waals surface area contributed by atoms with Crippen LogP contribution in [-0.2, 0) is 17.8 Å². The molecular formula is C22H20N2O5. The van der Waals surface area contributed by atoms with E-state index in [0.717, 1.165) is 23.3 Å². The molecule has 3 aromatic rings. The third-order valence-electron chi connectivity index (χ3n) is 4.98. The van der Waals surface area contributed by atoms with E-state index in [4.69, 9.17) is 18.7 Å². The van der Waals surface area contributed by atoms with Crippen LogP contribution >= 0.6 is 0 Å². The number of rotatable bonds is 4. The second-order valence-electron chi connectivity index (χ2n) is 7.22. The third-order valence-corrected chi connectivity index (χ3v) is 4.98. The van der Waals surface area contributed by atoms with Crippen LogP contribution < -0.4 is 19.5 Å². The van der Waals surface area contributed by atoms with Crippen LogP contribution in [0.25, 0.3) is 11.3 Å². The molecule has 1 N–H and O–H groups in total. The van der Waals surface area contributed by atoms with Gasteiger partial charge in [0, 0.05) is 18.1 Å². The minimum atomic E-state index is -0.699. The van der Waals surface area contributed by atoms with Crippen molar-refractivity contribution in [2.24, 2.45) is 0 Å². The number of para-hydroxylation sites is 2. The summed E-state index contributed by atoms with van der Waals surface area (Å²) in [7, 11) is 0. The molecule has 5 rings (SSSR count). The fourth-order valence-corrected chi connectivity index (χ4v) is 3.55. The second kappa shape index (κ2) is 7.16. The number of amides is 1. The van der Waals surface area contributed by atoms with Crippen molar-refractivity contribution < 1.29 is 23.5 Å². The van der Waals surface area contributed by atoms with E-state index in [-0.39, 0.29) is 25.2 Å². The molecule has 2 aliphatic heterocycles. The standard InChI is InChI=1S/C22H20N2O5/c1-13-8-15-9-14(6-7-17(15)27-13)20-10-16(24-29-20)11-23-22(25)21-12-26-18-4-2-3-5-19(18)28-21/h2-7,9-10,13,21H,8,11-12H2,1H3,(H,23,25). The van der Waals surface area contributed by atoms with E-state index in [1.807, 2.05) is 36.4 Å². The summed E-state index contributed by atoms with van der Waals surface area (Å²) in [5.41, 5.74) is 2.73. The van der Waals surface area contributed by atoms with Crippen molar-refractivity contribution in [1.29, 1.82) is 0 Å². The van der Waals surface area contributed by atoms with Gasteiger partial charge in [-0.1, -0.05) is 17.3 Å². The second-order valence-corrected chi connectivity index (χ2v) is 7.22. The van der Waals surface area contributed by atoms with Crippen LogP contribution in [0.15, 0.2) is 53.1 Å². The van der Waals surface area contributed by atoms with E-state index < -0.39 is 6.10 Å². The average Bonchev–Trinajstić information content (AvgIpc) is 3.36. The number of carbonyl (C=O) groups is 1. The topological polar surface area (TPSA) is 82.8 Å². The third kappa shape index (κ3) is 3.51. The number of fused-ring (bicyclic) bond motifs is 2. The summed E-state index contributed by atoms with van der Waals surface area (Å²) in [5, 5.41) is 6.89. The number of benzene rings is 2. The molecule has 29 heavy (non-hydrogen) atoms. The molecule has 1 amide bonds. The maximum atomic E-state index is 12.4. The number of nitrogens with one attached hydrogen (secondary N) is 1. The first kappa shape index (κ1) is 17.6. The molecule has 0 aliphatic carbocycles. The van der Waals surface area contributed by atoms with Gasteiger partial charge in [0.1, 0.15) is 24.2 Å². The van der Waals surface area contributed by atoms with E-state index in [1.165, 1.54) is 0 Å². The predicted octanol–water partition coefficient (Wildman–Crippen LogP) is 3.12. The van der Waals surface area contributed by atoms with Crippen LogP contribution in [0.3, 0.4) is 0 Å². The monoisotopic (exact) mass is 392 g/mol. The van der Waals surface area contributed by atoms with Crippen LogP contribution in [-0.4, -0.2) is 29.9 Å². The summed E-state index contributed by atoms with van der Waals surface area (Å²) < 4.78 is 22.5. The largest absolute Gasteiger partial charge is 0.490 e. The molecule has 2 unspecified atom stereocenters. The summed E-state index contributed by atoms with van der Waals surface area (Å²) in [4.78, 5) is 12.4. The highest BCUT2D eigenvalue weighted by Gasteiger charge is 2.27. The van der Waals surface area contributed by atoms with Crippen LogP contribution in [0.4, 0.5) is 0 Å². The van der Waals surface area contributed by atoms with Gasteiger partial charge in [0.25, 0.3) is 5.91 Å². The molecule has 2 aliphatic rings.